The molecule has 8 nitrogen and oxygen atoms in total. The summed E-state index contributed by atoms with van der Waals surface area (Å²) in [4.78, 5) is 17.8. The minimum atomic E-state index is -0.411. The van der Waals surface area contributed by atoms with Gasteiger partial charge in [0.1, 0.15) is 29.1 Å². The van der Waals surface area contributed by atoms with E-state index < -0.39 is 11.0 Å². The van der Waals surface area contributed by atoms with E-state index in [9.17, 15) is 10.1 Å². The zero-order valence-corrected chi connectivity index (χ0v) is 21.3. The Hall–Kier alpha value is -5.02. The SMILES string of the molecule is O=[N+]([O-])c1ccccc1-c1ccc([C@@H]2[C@H](c3ccccn3)NC(=S)N2c2ccc(Oc3ccccc3)cc2)o1. The van der Waals surface area contributed by atoms with E-state index in [2.05, 4.69) is 10.3 Å². The maximum absolute atomic E-state index is 11.6. The molecule has 0 radical (unpaired) electrons. The third-order valence-electron chi connectivity index (χ3n) is 6.48. The summed E-state index contributed by atoms with van der Waals surface area (Å²) in [6.07, 6.45) is 1.73. The molecule has 1 N–H and O–H groups in total. The van der Waals surface area contributed by atoms with Gasteiger partial charge in [0, 0.05) is 18.0 Å². The molecule has 2 atom stereocenters. The fourth-order valence-electron chi connectivity index (χ4n) is 4.72. The molecule has 1 saturated heterocycles. The Morgan fingerprint density at radius 2 is 1.59 bits per heavy atom. The highest BCUT2D eigenvalue weighted by Crippen LogP contribution is 2.44. The topological polar surface area (TPSA) is 93.7 Å². The Balaban J connectivity index is 1.38. The molecule has 39 heavy (non-hydrogen) atoms. The maximum atomic E-state index is 11.6. The van der Waals surface area contributed by atoms with E-state index in [1.165, 1.54) is 6.07 Å². The molecule has 5 aromatic rings. The first-order chi connectivity index (χ1) is 19.1. The third kappa shape index (κ3) is 4.83. The number of furan rings is 1. The van der Waals surface area contributed by atoms with Crippen LogP contribution in [-0.4, -0.2) is 15.0 Å². The van der Waals surface area contributed by atoms with Crippen molar-refractivity contribution >= 4 is 28.7 Å². The average Bonchev–Trinajstić information content (AvgIpc) is 3.59. The lowest BCUT2D eigenvalue weighted by Crippen LogP contribution is -2.29. The van der Waals surface area contributed by atoms with Gasteiger partial charge in [-0.15, -0.1) is 0 Å². The predicted molar refractivity (Wildman–Crippen MR) is 152 cm³/mol. The molecule has 6 rings (SSSR count). The van der Waals surface area contributed by atoms with E-state index >= 15 is 0 Å². The maximum Gasteiger partial charge on any atom is 0.280 e. The number of hydrogen-bond donors (Lipinski definition) is 1. The van der Waals surface area contributed by atoms with E-state index in [0.29, 0.717) is 27.9 Å². The molecule has 0 unspecified atom stereocenters. The van der Waals surface area contributed by atoms with E-state index in [1.807, 2.05) is 83.8 Å². The van der Waals surface area contributed by atoms with Crippen molar-refractivity contribution in [1.29, 1.82) is 0 Å². The number of benzene rings is 3. The molecule has 0 amide bonds. The lowest BCUT2D eigenvalue weighted by atomic mass is 10.0. The van der Waals surface area contributed by atoms with Gasteiger partial charge in [-0.05, 0) is 78.9 Å². The van der Waals surface area contributed by atoms with Crippen LogP contribution in [0, 0.1) is 10.1 Å². The lowest BCUT2D eigenvalue weighted by Gasteiger charge is -2.26. The molecule has 0 saturated carbocycles. The summed E-state index contributed by atoms with van der Waals surface area (Å²) in [6.45, 7) is 0. The summed E-state index contributed by atoms with van der Waals surface area (Å²) in [6, 6.07) is 32.3. The van der Waals surface area contributed by atoms with Crippen LogP contribution in [0.25, 0.3) is 11.3 Å². The molecular weight excluding hydrogens is 512 g/mol. The number of ether oxygens (including phenoxy) is 1. The normalized spacial score (nSPS) is 16.6. The molecule has 0 aliphatic carbocycles. The van der Waals surface area contributed by atoms with Gasteiger partial charge < -0.3 is 19.4 Å². The first-order valence-corrected chi connectivity index (χ1v) is 12.7. The average molecular weight is 535 g/mol. The van der Waals surface area contributed by atoms with Gasteiger partial charge in [0.2, 0.25) is 0 Å². The van der Waals surface area contributed by atoms with Gasteiger partial charge in [-0.25, -0.2) is 0 Å². The number of nitrogens with one attached hydrogen (secondary N) is 1. The van der Waals surface area contributed by atoms with Crippen molar-refractivity contribution in [3.8, 4) is 22.8 Å². The van der Waals surface area contributed by atoms with Crippen LogP contribution in [0.5, 0.6) is 11.5 Å². The Morgan fingerprint density at radius 3 is 2.33 bits per heavy atom. The fourth-order valence-corrected chi connectivity index (χ4v) is 5.06. The van der Waals surface area contributed by atoms with Gasteiger partial charge in [0.15, 0.2) is 5.11 Å². The van der Waals surface area contributed by atoms with Gasteiger partial charge in [-0.3, -0.25) is 15.1 Å². The summed E-state index contributed by atoms with van der Waals surface area (Å²) in [5.74, 6) is 2.43. The van der Waals surface area contributed by atoms with Crippen molar-refractivity contribution in [3.05, 3.63) is 137 Å². The summed E-state index contributed by atoms with van der Waals surface area (Å²) in [5.41, 5.74) is 2.01. The minimum absolute atomic E-state index is 0.0226. The molecule has 1 aliphatic heterocycles. The Morgan fingerprint density at radius 1 is 0.872 bits per heavy atom. The number of nitrogens with zero attached hydrogens (tertiary/aromatic N) is 3. The molecule has 0 bridgehead atoms. The molecule has 192 valence electrons. The van der Waals surface area contributed by atoms with Crippen LogP contribution in [0.2, 0.25) is 0 Å². The second-order valence-corrected chi connectivity index (χ2v) is 9.27. The van der Waals surface area contributed by atoms with Crippen LogP contribution in [0.4, 0.5) is 11.4 Å². The lowest BCUT2D eigenvalue weighted by molar-refractivity contribution is -0.384. The Bertz CT molecular complexity index is 1620. The molecule has 1 aliphatic rings. The monoisotopic (exact) mass is 534 g/mol. The Kier molecular flexibility index (Phi) is 6.48. The quantitative estimate of drug-likeness (QED) is 0.133. The first kappa shape index (κ1) is 24.3. The van der Waals surface area contributed by atoms with Gasteiger partial charge in [-0.1, -0.05) is 36.4 Å². The number of nitro groups is 1. The first-order valence-electron chi connectivity index (χ1n) is 12.3. The number of aromatic nitrogens is 1. The fraction of sp³-hybridized carbons (Fsp3) is 0.0667. The number of hydrogen-bond acceptors (Lipinski definition) is 6. The summed E-state index contributed by atoms with van der Waals surface area (Å²) < 4.78 is 12.3. The van der Waals surface area contributed by atoms with Crippen molar-refractivity contribution in [1.82, 2.24) is 10.3 Å². The molecule has 0 spiro atoms. The minimum Gasteiger partial charge on any atom is -0.459 e. The van der Waals surface area contributed by atoms with Gasteiger partial charge >= 0.3 is 0 Å². The van der Waals surface area contributed by atoms with Crippen LogP contribution in [0.3, 0.4) is 0 Å². The van der Waals surface area contributed by atoms with Crippen LogP contribution in [-0.2, 0) is 0 Å². The van der Waals surface area contributed by atoms with Crippen molar-refractivity contribution in [2.75, 3.05) is 4.90 Å². The van der Waals surface area contributed by atoms with Crippen molar-refractivity contribution < 1.29 is 14.1 Å². The standard InChI is InChI=1S/C30H22N4O4S/c35-34(36)25-12-5-4-10-23(25)26-17-18-27(38-26)29-28(24-11-6-7-19-31-24)32-30(39)33(29)20-13-15-22(16-14-20)37-21-8-2-1-3-9-21/h1-19,28-29H,(H,32,39)/t28-,29+/m0/s1. The third-order valence-corrected chi connectivity index (χ3v) is 6.79. The summed E-state index contributed by atoms with van der Waals surface area (Å²) in [5, 5.41) is 15.5. The van der Waals surface area contributed by atoms with E-state index in [-0.39, 0.29) is 11.7 Å². The van der Waals surface area contributed by atoms with Gasteiger partial charge in [0.25, 0.3) is 5.69 Å². The zero-order chi connectivity index (χ0) is 26.8. The van der Waals surface area contributed by atoms with Gasteiger partial charge in [-0.2, -0.15) is 0 Å². The highest BCUT2D eigenvalue weighted by atomic mass is 32.1. The number of anilines is 1. The number of thiocarbonyl (C=S) groups is 1. The molecule has 9 heteroatoms. The van der Waals surface area contributed by atoms with Gasteiger partial charge in [0.05, 0.1) is 22.2 Å². The molecule has 3 aromatic carbocycles. The van der Waals surface area contributed by atoms with Crippen LogP contribution in [0.15, 0.2) is 120 Å². The number of pyridine rings is 1. The zero-order valence-electron chi connectivity index (χ0n) is 20.5. The number of nitro benzene ring substituents is 1. The second-order valence-electron chi connectivity index (χ2n) is 8.88. The van der Waals surface area contributed by atoms with Crippen LogP contribution < -0.4 is 15.0 Å². The highest BCUT2D eigenvalue weighted by Gasteiger charge is 2.42. The molecular formula is C30H22N4O4S. The summed E-state index contributed by atoms with van der Waals surface area (Å²) >= 11 is 5.79. The molecule has 1 fully saturated rings. The predicted octanol–water partition coefficient (Wildman–Crippen LogP) is 7.22. The van der Waals surface area contributed by atoms with E-state index in [0.717, 1.165) is 17.1 Å². The summed E-state index contributed by atoms with van der Waals surface area (Å²) in [7, 11) is 0. The Labute approximate surface area is 229 Å². The van der Waals surface area contributed by atoms with Crippen LogP contribution >= 0.6 is 12.2 Å². The van der Waals surface area contributed by atoms with Crippen molar-refractivity contribution in [2.24, 2.45) is 0 Å². The van der Waals surface area contributed by atoms with Crippen LogP contribution in [0.1, 0.15) is 23.5 Å². The molecule has 3 heterocycles. The molecule has 2 aromatic heterocycles. The highest BCUT2D eigenvalue weighted by molar-refractivity contribution is 7.80. The van der Waals surface area contributed by atoms with E-state index in [4.69, 9.17) is 21.4 Å². The van der Waals surface area contributed by atoms with Crippen molar-refractivity contribution in [3.63, 3.8) is 0 Å². The number of rotatable bonds is 7. The van der Waals surface area contributed by atoms with E-state index in [1.54, 1.807) is 30.5 Å². The smallest absolute Gasteiger partial charge is 0.280 e. The van der Waals surface area contributed by atoms with Crippen molar-refractivity contribution in [2.45, 2.75) is 12.1 Å². The largest absolute Gasteiger partial charge is 0.459 e. The number of para-hydroxylation sites is 2. The second kappa shape index (κ2) is 10.4.